The zero-order chi connectivity index (χ0) is 17.9. The molecule has 1 N–H and O–H groups in total. The molecule has 3 aromatic rings. The van der Waals surface area contributed by atoms with Crippen LogP contribution in [-0.4, -0.2) is 33.9 Å². The van der Waals surface area contributed by atoms with Gasteiger partial charge >= 0.3 is 0 Å². The number of rotatable bonds is 1. The normalized spacial score (nSPS) is 18.8. The third-order valence-electron chi connectivity index (χ3n) is 4.71. The minimum absolute atomic E-state index is 0.0512. The van der Waals surface area contributed by atoms with Crippen LogP contribution in [0, 0.1) is 0 Å². The number of aryl methyl sites for hydroxylation is 2. The molecule has 0 aliphatic carbocycles. The molecule has 0 radical (unpaired) electrons. The van der Waals surface area contributed by atoms with Crippen LogP contribution in [0.25, 0.3) is 10.9 Å². The van der Waals surface area contributed by atoms with Gasteiger partial charge < -0.3 is 10.1 Å². The van der Waals surface area contributed by atoms with Gasteiger partial charge in [-0.2, -0.15) is 5.10 Å². The molecule has 0 saturated carbocycles. The van der Waals surface area contributed by atoms with Gasteiger partial charge in [0.15, 0.2) is 0 Å². The first-order chi connectivity index (χ1) is 12.7. The zero-order valence-electron chi connectivity index (χ0n) is 14.8. The second-order valence-electron chi connectivity index (χ2n) is 6.65. The number of ether oxygens (including phenoxy) is 1. The predicted octanol–water partition coefficient (Wildman–Crippen LogP) is 2.33. The summed E-state index contributed by atoms with van der Waals surface area (Å²) in [6.45, 7) is 1.10. The molecule has 6 heteroatoms. The quantitative estimate of drug-likeness (QED) is 0.731. The Morgan fingerprint density at radius 3 is 2.96 bits per heavy atom. The fraction of sp³-hybridized carbons (Fsp3) is 0.350. The van der Waals surface area contributed by atoms with E-state index in [0.29, 0.717) is 13.2 Å². The molecule has 1 amide bonds. The lowest BCUT2D eigenvalue weighted by Crippen LogP contribution is -2.33. The predicted molar refractivity (Wildman–Crippen MR) is 98.7 cm³/mol. The number of carbonyl (C=O) groups excluding carboxylic acids is 1. The largest absolute Gasteiger partial charge is 0.379 e. The molecule has 0 fully saturated rings. The van der Waals surface area contributed by atoms with E-state index >= 15 is 0 Å². The summed E-state index contributed by atoms with van der Waals surface area (Å²) in [7, 11) is 1.92. The van der Waals surface area contributed by atoms with E-state index in [2.05, 4.69) is 10.4 Å². The number of carbonyl (C=O) groups is 1. The number of hydrogen-bond donors (Lipinski definition) is 1. The molecular weight excluding hydrogens is 328 g/mol. The van der Waals surface area contributed by atoms with Gasteiger partial charge in [0.05, 0.1) is 42.2 Å². The van der Waals surface area contributed by atoms with Gasteiger partial charge in [0.25, 0.3) is 0 Å². The molecule has 3 heterocycles. The van der Waals surface area contributed by atoms with Crippen molar-refractivity contribution in [1.82, 2.24) is 20.1 Å². The summed E-state index contributed by atoms with van der Waals surface area (Å²) in [6.07, 6.45) is 3.77. The van der Waals surface area contributed by atoms with Crippen molar-refractivity contribution in [3.63, 3.8) is 0 Å². The number of aromatic nitrogens is 3. The summed E-state index contributed by atoms with van der Waals surface area (Å²) >= 11 is 0. The second-order valence-corrected chi connectivity index (χ2v) is 6.65. The van der Waals surface area contributed by atoms with Gasteiger partial charge in [0.2, 0.25) is 5.91 Å². The van der Waals surface area contributed by atoms with Gasteiger partial charge in [0.1, 0.15) is 0 Å². The standard InChI is InChI=1S/C20H22N4O2/c1-24-20-15(12-21-24)10-16-11-19(25)23-18(14-6-3-2-4-7-14)13-26-9-5-8-17(20)22-16/h2-4,6-7,10,12,18H,5,8-9,11,13H2,1H3,(H,23,25)/t18-/m1/s1. The van der Waals surface area contributed by atoms with Crippen molar-refractivity contribution >= 4 is 16.8 Å². The van der Waals surface area contributed by atoms with E-state index in [-0.39, 0.29) is 18.4 Å². The average molecular weight is 350 g/mol. The molecular formula is C20H22N4O2. The fourth-order valence-corrected chi connectivity index (χ4v) is 3.48. The Morgan fingerprint density at radius 2 is 2.12 bits per heavy atom. The maximum Gasteiger partial charge on any atom is 0.226 e. The number of nitrogens with one attached hydrogen (secondary N) is 1. The third-order valence-corrected chi connectivity index (χ3v) is 4.71. The van der Waals surface area contributed by atoms with Crippen LogP contribution < -0.4 is 5.32 Å². The molecule has 4 rings (SSSR count). The van der Waals surface area contributed by atoms with Gasteiger partial charge in [-0.3, -0.25) is 14.5 Å². The van der Waals surface area contributed by atoms with E-state index in [9.17, 15) is 4.79 Å². The summed E-state index contributed by atoms with van der Waals surface area (Å²) in [4.78, 5) is 17.3. The van der Waals surface area contributed by atoms with Gasteiger partial charge in [-0.25, -0.2) is 0 Å². The summed E-state index contributed by atoms with van der Waals surface area (Å²) in [5.74, 6) is -0.0512. The summed E-state index contributed by atoms with van der Waals surface area (Å²) in [5.41, 5.74) is 3.85. The van der Waals surface area contributed by atoms with Crippen LogP contribution in [0.15, 0.2) is 42.6 Å². The molecule has 1 atom stereocenters. The van der Waals surface area contributed by atoms with Crippen molar-refractivity contribution in [3.8, 4) is 0 Å². The first kappa shape index (κ1) is 16.7. The number of amides is 1. The summed E-state index contributed by atoms with van der Waals surface area (Å²) < 4.78 is 7.70. The van der Waals surface area contributed by atoms with Crippen LogP contribution in [0.4, 0.5) is 0 Å². The molecule has 1 aromatic carbocycles. The van der Waals surface area contributed by atoms with E-state index in [1.807, 2.05) is 54.3 Å². The SMILES string of the molecule is Cn1ncc2cc3nc(c21)CCCOC[C@H](c1ccccc1)NC(=O)C3. The highest BCUT2D eigenvalue weighted by Crippen LogP contribution is 2.21. The van der Waals surface area contributed by atoms with Crippen molar-refractivity contribution in [3.05, 3.63) is 59.5 Å². The van der Waals surface area contributed by atoms with Crippen LogP contribution in [0.3, 0.4) is 0 Å². The molecule has 2 bridgehead atoms. The maximum absolute atomic E-state index is 12.6. The molecule has 2 aromatic heterocycles. The van der Waals surface area contributed by atoms with Gasteiger partial charge in [0, 0.05) is 19.0 Å². The van der Waals surface area contributed by atoms with E-state index < -0.39 is 0 Å². The monoisotopic (exact) mass is 350 g/mol. The minimum Gasteiger partial charge on any atom is -0.379 e. The number of benzene rings is 1. The number of fused-ring (bicyclic) bond motifs is 4. The van der Waals surface area contributed by atoms with Crippen LogP contribution in [0.1, 0.15) is 29.4 Å². The smallest absolute Gasteiger partial charge is 0.226 e. The molecule has 1 aliphatic heterocycles. The van der Waals surface area contributed by atoms with Crippen LogP contribution in [0.5, 0.6) is 0 Å². The number of hydrogen-bond acceptors (Lipinski definition) is 4. The molecule has 134 valence electrons. The zero-order valence-corrected chi connectivity index (χ0v) is 14.8. The van der Waals surface area contributed by atoms with Crippen LogP contribution in [0.2, 0.25) is 0 Å². The highest BCUT2D eigenvalue weighted by molar-refractivity contribution is 5.84. The molecule has 0 spiro atoms. The van der Waals surface area contributed by atoms with Crippen LogP contribution >= 0.6 is 0 Å². The lowest BCUT2D eigenvalue weighted by molar-refractivity contribution is -0.121. The van der Waals surface area contributed by atoms with E-state index in [4.69, 9.17) is 9.72 Å². The van der Waals surface area contributed by atoms with Crippen molar-refractivity contribution in [2.75, 3.05) is 13.2 Å². The maximum atomic E-state index is 12.6. The van der Waals surface area contributed by atoms with Gasteiger partial charge in [-0.05, 0) is 24.5 Å². The third kappa shape index (κ3) is 3.46. The molecule has 6 nitrogen and oxygen atoms in total. The lowest BCUT2D eigenvalue weighted by Gasteiger charge is -2.20. The summed E-state index contributed by atoms with van der Waals surface area (Å²) in [5, 5.41) is 8.45. The Labute approximate surface area is 152 Å². The van der Waals surface area contributed by atoms with E-state index in [1.165, 1.54) is 0 Å². The number of nitrogens with zero attached hydrogens (tertiary/aromatic N) is 3. The van der Waals surface area contributed by atoms with Crippen molar-refractivity contribution in [2.45, 2.75) is 25.3 Å². The fourth-order valence-electron chi connectivity index (χ4n) is 3.48. The molecule has 0 saturated heterocycles. The van der Waals surface area contributed by atoms with Gasteiger partial charge in [-0.1, -0.05) is 30.3 Å². The first-order valence-electron chi connectivity index (χ1n) is 8.93. The van der Waals surface area contributed by atoms with Gasteiger partial charge in [-0.15, -0.1) is 0 Å². The van der Waals surface area contributed by atoms with Crippen molar-refractivity contribution in [1.29, 1.82) is 0 Å². The topological polar surface area (TPSA) is 69.0 Å². The average Bonchev–Trinajstić information content (AvgIpc) is 3.01. The highest BCUT2D eigenvalue weighted by atomic mass is 16.5. The molecule has 26 heavy (non-hydrogen) atoms. The van der Waals surface area contributed by atoms with Crippen molar-refractivity contribution in [2.24, 2.45) is 7.05 Å². The van der Waals surface area contributed by atoms with Crippen molar-refractivity contribution < 1.29 is 9.53 Å². The molecule has 0 unspecified atom stereocenters. The minimum atomic E-state index is -0.148. The van der Waals surface area contributed by atoms with Crippen LogP contribution in [-0.2, 0) is 29.4 Å². The Balaban J connectivity index is 1.64. The summed E-state index contributed by atoms with van der Waals surface area (Å²) in [6, 6.07) is 11.8. The highest BCUT2D eigenvalue weighted by Gasteiger charge is 2.18. The first-order valence-corrected chi connectivity index (χ1v) is 8.93. The lowest BCUT2D eigenvalue weighted by atomic mass is 10.1. The number of pyridine rings is 1. The Hall–Kier alpha value is -2.73. The Morgan fingerprint density at radius 1 is 1.27 bits per heavy atom. The Bertz CT molecular complexity index is 920. The van der Waals surface area contributed by atoms with E-state index in [0.717, 1.165) is 40.7 Å². The molecule has 1 aliphatic rings. The second kappa shape index (κ2) is 7.25. The van der Waals surface area contributed by atoms with E-state index in [1.54, 1.807) is 0 Å². The Kier molecular flexibility index (Phi) is 4.67.